The number of nitrogens with two attached hydrogens (primary N) is 1. The maximum atomic E-state index is 12.6. The molecular formula is C22H27N3O3. The standard InChI is InChI=1S/C22H27N3O3/c1-27-20(16-10-12-19(13-11-16)28-18-4-2-3-5-18)22(26)25-14-15-6-8-17(9-7-15)21(23)24/h6-13,18,20H,2-5,14H2,1H3,(H3,23,24)(H,25,26)/t20-/m0/s1. The summed E-state index contributed by atoms with van der Waals surface area (Å²) in [5.41, 5.74) is 7.82. The Morgan fingerprint density at radius 3 is 2.36 bits per heavy atom. The number of amides is 1. The van der Waals surface area contributed by atoms with Crippen LogP contribution in [0.4, 0.5) is 0 Å². The van der Waals surface area contributed by atoms with Crippen molar-refractivity contribution in [2.45, 2.75) is 44.4 Å². The summed E-state index contributed by atoms with van der Waals surface area (Å²) in [5.74, 6) is 0.648. The average molecular weight is 381 g/mol. The van der Waals surface area contributed by atoms with Crippen molar-refractivity contribution < 1.29 is 14.3 Å². The molecule has 0 aliphatic heterocycles. The number of rotatable bonds is 8. The molecule has 0 heterocycles. The zero-order valence-electron chi connectivity index (χ0n) is 16.1. The lowest BCUT2D eigenvalue weighted by atomic mass is 10.1. The maximum absolute atomic E-state index is 12.6. The third kappa shape index (κ3) is 5.10. The van der Waals surface area contributed by atoms with Gasteiger partial charge in [0, 0.05) is 19.2 Å². The van der Waals surface area contributed by atoms with Crippen molar-refractivity contribution in [3.8, 4) is 5.75 Å². The van der Waals surface area contributed by atoms with Crippen LogP contribution in [-0.2, 0) is 16.1 Å². The lowest BCUT2D eigenvalue weighted by Gasteiger charge is -2.17. The molecule has 1 aliphatic carbocycles. The summed E-state index contributed by atoms with van der Waals surface area (Å²) >= 11 is 0. The second kappa shape index (κ2) is 9.37. The Bertz CT molecular complexity index is 797. The topological polar surface area (TPSA) is 97.4 Å². The quantitative estimate of drug-likeness (QED) is 0.483. The van der Waals surface area contributed by atoms with E-state index in [2.05, 4.69) is 5.32 Å². The Balaban J connectivity index is 1.57. The molecule has 0 bridgehead atoms. The molecule has 0 aromatic heterocycles. The van der Waals surface area contributed by atoms with Gasteiger partial charge in [0.15, 0.2) is 6.10 Å². The molecular weight excluding hydrogens is 354 g/mol. The zero-order valence-corrected chi connectivity index (χ0v) is 16.1. The smallest absolute Gasteiger partial charge is 0.254 e. The van der Waals surface area contributed by atoms with Crippen LogP contribution in [0.1, 0.15) is 48.5 Å². The van der Waals surface area contributed by atoms with E-state index in [0.717, 1.165) is 29.7 Å². The molecule has 2 aromatic rings. The molecule has 6 nitrogen and oxygen atoms in total. The first-order valence-corrected chi connectivity index (χ1v) is 9.57. The van der Waals surface area contributed by atoms with Crippen molar-refractivity contribution in [3.63, 3.8) is 0 Å². The van der Waals surface area contributed by atoms with Crippen LogP contribution in [0.2, 0.25) is 0 Å². The van der Waals surface area contributed by atoms with E-state index >= 15 is 0 Å². The summed E-state index contributed by atoms with van der Waals surface area (Å²) in [5, 5.41) is 10.3. The van der Waals surface area contributed by atoms with E-state index in [-0.39, 0.29) is 11.7 Å². The van der Waals surface area contributed by atoms with E-state index in [1.54, 1.807) is 12.1 Å². The van der Waals surface area contributed by atoms with Crippen LogP contribution in [0, 0.1) is 5.41 Å². The Labute approximate surface area is 165 Å². The molecule has 148 valence electrons. The first-order chi connectivity index (χ1) is 13.6. The number of ether oxygens (including phenoxy) is 2. The minimum absolute atomic E-state index is 0.0235. The molecule has 1 aliphatic rings. The third-order valence-electron chi connectivity index (χ3n) is 4.99. The molecule has 0 saturated heterocycles. The van der Waals surface area contributed by atoms with Gasteiger partial charge in [0.1, 0.15) is 11.6 Å². The van der Waals surface area contributed by atoms with Gasteiger partial charge in [-0.3, -0.25) is 10.2 Å². The minimum atomic E-state index is -0.683. The van der Waals surface area contributed by atoms with Gasteiger partial charge in [-0.1, -0.05) is 36.4 Å². The van der Waals surface area contributed by atoms with Gasteiger partial charge in [-0.2, -0.15) is 0 Å². The number of nitrogens with one attached hydrogen (secondary N) is 2. The summed E-state index contributed by atoms with van der Waals surface area (Å²) in [4.78, 5) is 12.6. The average Bonchev–Trinajstić information content (AvgIpc) is 3.21. The van der Waals surface area contributed by atoms with Gasteiger partial charge in [0.2, 0.25) is 0 Å². The van der Waals surface area contributed by atoms with Crippen LogP contribution in [0.25, 0.3) is 0 Å². The highest BCUT2D eigenvalue weighted by molar-refractivity contribution is 5.94. The molecule has 4 N–H and O–H groups in total. The van der Waals surface area contributed by atoms with E-state index < -0.39 is 6.10 Å². The fourth-order valence-electron chi connectivity index (χ4n) is 3.40. The predicted molar refractivity (Wildman–Crippen MR) is 108 cm³/mol. The van der Waals surface area contributed by atoms with Crippen molar-refractivity contribution in [1.29, 1.82) is 5.41 Å². The number of carbonyl (C=O) groups excluding carboxylic acids is 1. The van der Waals surface area contributed by atoms with Crippen molar-refractivity contribution in [2.24, 2.45) is 5.73 Å². The van der Waals surface area contributed by atoms with Crippen molar-refractivity contribution in [2.75, 3.05) is 7.11 Å². The van der Waals surface area contributed by atoms with Crippen molar-refractivity contribution >= 4 is 11.7 Å². The van der Waals surface area contributed by atoms with Gasteiger partial charge in [-0.15, -0.1) is 0 Å². The van der Waals surface area contributed by atoms with E-state index in [1.807, 2.05) is 36.4 Å². The highest BCUT2D eigenvalue weighted by Crippen LogP contribution is 2.26. The molecule has 0 spiro atoms. The number of methoxy groups -OCH3 is 1. The Morgan fingerprint density at radius 1 is 1.14 bits per heavy atom. The summed E-state index contributed by atoms with van der Waals surface area (Å²) in [6, 6.07) is 14.8. The second-order valence-electron chi connectivity index (χ2n) is 7.04. The van der Waals surface area contributed by atoms with Crippen molar-refractivity contribution in [1.82, 2.24) is 5.32 Å². The van der Waals surface area contributed by atoms with Crippen LogP contribution in [0.15, 0.2) is 48.5 Å². The summed E-state index contributed by atoms with van der Waals surface area (Å²) in [6.45, 7) is 0.375. The Morgan fingerprint density at radius 2 is 1.79 bits per heavy atom. The number of hydrogen-bond donors (Lipinski definition) is 3. The van der Waals surface area contributed by atoms with Gasteiger partial charge < -0.3 is 20.5 Å². The number of hydrogen-bond acceptors (Lipinski definition) is 4. The van der Waals surface area contributed by atoms with Gasteiger partial charge in [-0.05, 0) is 48.9 Å². The second-order valence-corrected chi connectivity index (χ2v) is 7.04. The first kappa shape index (κ1) is 19.9. The van der Waals surface area contributed by atoms with E-state index in [1.165, 1.54) is 20.0 Å². The van der Waals surface area contributed by atoms with E-state index in [4.69, 9.17) is 20.6 Å². The van der Waals surface area contributed by atoms with E-state index in [0.29, 0.717) is 18.2 Å². The minimum Gasteiger partial charge on any atom is -0.490 e. The van der Waals surface area contributed by atoms with Gasteiger partial charge in [0.05, 0.1) is 6.10 Å². The fourth-order valence-corrected chi connectivity index (χ4v) is 3.40. The molecule has 0 unspecified atom stereocenters. The van der Waals surface area contributed by atoms with E-state index in [9.17, 15) is 4.79 Å². The van der Waals surface area contributed by atoms with Crippen LogP contribution in [0.5, 0.6) is 5.75 Å². The number of carbonyl (C=O) groups is 1. The van der Waals surface area contributed by atoms with Crippen LogP contribution < -0.4 is 15.8 Å². The molecule has 28 heavy (non-hydrogen) atoms. The molecule has 1 atom stereocenters. The monoisotopic (exact) mass is 381 g/mol. The van der Waals surface area contributed by atoms with Crippen LogP contribution >= 0.6 is 0 Å². The van der Waals surface area contributed by atoms with Crippen LogP contribution in [-0.4, -0.2) is 25.0 Å². The largest absolute Gasteiger partial charge is 0.490 e. The molecule has 3 rings (SSSR count). The maximum Gasteiger partial charge on any atom is 0.254 e. The molecule has 2 aromatic carbocycles. The first-order valence-electron chi connectivity index (χ1n) is 9.57. The molecule has 0 radical (unpaired) electrons. The normalized spacial score (nSPS) is 15.2. The highest BCUT2D eigenvalue weighted by atomic mass is 16.5. The lowest BCUT2D eigenvalue weighted by molar-refractivity contribution is -0.131. The summed E-state index contributed by atoms with van der Waals surface area (Å²) in [6.07, 6.45) is 4.30. The molecule has 1 saturated carbocycles. The Hall–Kier alpha value is -2.86. The molecule has 6 heteroatoms. The third-order valence-corrected chi connectivity index (χ3v) is 4.99. The summed E-state index contributed by atoms with van der Waals surface area (Å²) in [7, 11) is 1.52. The SMILES string of the molecule is CO[C@H](C(=O)NCc1ccc(C(=N)N)cc1)c1ccc(OC2CCCC2)cc1. The van der Waals surface area contributed by atoms with Crippen molar-refractivity contribution in [3.05, 3.63) is 65.2 Å². The number of benzene rings is 2. The van der Waals surface area contributed by atoms with Gasteiger partial charge in [0.25, 0.3) is 5.91 Å². The summed E-state index contributed by atoms with van der Waals surface area (Å²) < 4.78 is 11.4. The fraction of sp³-hybridized carbons (Fsp3) is 0.364. The predicted octanol–water partition coefficient (Wildman–Crippen LogP) is 3.30. The van der Waals surface area contributed by atoms with Gasteiger partial charge in [-0.25, -0.2) is 0 Å². The number of amidine groups is 1. The van der Waals surface area contributed by atoms with Gasteiger partial charge >= 0.3 is 0 Å². The molecule has 1 fully saturated rings. The lowest BCUT2D eigenvalue weighted by Crippen LogP contribution is -2.30. The number of nitrogen functional groups attached to an aromatic ring is 1. The highest BCUT2D eigenvalue weighted by Gasteiger charge is 2.21. The zero-order chi connectivity index (χ0) is 19.9. The Kier molecular flexibility index (Phi) is 6.66. The molecule has 1 amide bonds. The van der Waals surface area contributed by atoms with Crippen LogP contribution in [0.3, 0.4) is 0 Å².